The highest BCUT2D eigenvalue weighted by molar-refractivity contribution is 6.32. The number of halogens is 1. The predicted octanol–water partition coefficient (Wildman–Crippen LogP) is 2.86. The van der Waals surface area contributed by atoms with Gasteiger partial charge in [-0.05, 0) is 30.3 Å². The fraction of sp³-hybridized carbons (Fsp3) is 0.143. The first-order chi connectivity index (χ1) is 10.0. The lowest BCUT2D eigenvalue weighted by Crippen LogP contribution is -2.07. The van der Waals surface area contributed by atoms with Crippen LogP contribution in [0.3, 0.4) is 0 Å². The van der Waals surface area contributed by atoms with Crippen LogP contribution >= 0.6 is 11.6 Å². The Hall–Kier alpha value is -2.47. The Morgan fingerprint density at radius 3 is 2.67 bits per heavy atom. The third kappa shape index (κ3) is 3.35. The van der Waals surface area contributed by atoms with E-state index in [4.69, 9.17) is 22.1 Å². The Bertz CT molecular complexity index is 677. The van der Waals surface area contributed by atoms with Crippen molar-refractivity contribution in [2.75, 3.05) is 25.3 Å². The Labute approximate surface area is 126 Å². The summed E-state index contributed by atoms with van der Waals surface area (Å²) < 4.78 is 9.70. The first-order valence-corrected chi connectivity index (χ1v) is 6.38. The van der Waals surface area contributed by atoms with Crippen LogP contribution in [0.1, 0.15) is 10.5 Å². The van der Waals surface area contributed by atoms with E-state index in [2.05, 4.69) is 15.0 Å². The number of nitrogens with zero attached hydrogens (tertiary/aromatic N) is 1. The molecule has 0 aliphatic rings. The van der Waals surface area contributed by atoms with Crippen LogP contribution in [0.15, 0.2) is 30.3 Å². The number of carbonyl (C=O) groups is 1. The van der Waals surface area contributed by atoms with E-state index in [0.29, 0.717) is 28.0 Å². The van der Waals surface area contributed by atoms with Gasteiger partial charge in [-0.2, -0.15) is 0 Å². The number of rotatable bonds is 4. The summed E-state index contributed by atoms with van der Waals surface area (Å²) in [6.07, 6.45) is 0. The van der Waals surface area contributed by atoms with Gasteiger partial charge < -0.3 is 20.5 Å². The molecule has 0 amide bonds. The molecule has 0 aliphatic heterocycles. The van der Waals surface area contributed by atoms with Gasteiger partial charge in [-0.15, -0.1) is 0 Å². The molecular weight excluding hydrogens is 294 g/mol. The van der Waals surface area contributed by atoms with Crippen molar-refractivity contribution < 1.29 is 14.3 Å². The number of benzene rings is 1. The fourth-order valence-corrected chi connectivity index (χ4v) is 1.93. The number of methoxy groups -OCH3 is 2. The second kappa shape index (κ2) is 6.32. The summed E-state index contributed by atoms with van der Waals surface area (Å²) in [4.78, 5) is 15.6. The maximum Gasteiger partial charge on any atom is 0.356 e. The van der Waals surface area contributed by atoms with Gasteiger partial charge in [0.2, 0.25) is 0 Å². The quantitative estimate of drug-likeness (QED) is 0.845. The minimum Gasteiger partial charge on any atom is -0.495 e. The van der Waals surface area contributed by atoms with Crippen LogP contribution in [0.25, 0.3) is 0 Å². The van der Waals surface area contributed by atoms with Crippen molar-refractivity contribution in [1.29, 1.82) is 0 Å². The molecule has 0 saturated heterocycles. The zero-order chi connectivity index (χ0) is 15.4. The summed E-state index contributed by atoms with van der Waals surface area (Å²) >= 11 is 6.05. The van der Waals surface area contributed by atoms with Gasteiger partial charge in [0.1, 0.15) is 5.75 Å². The molecule has 0 spiro atoms. The minimum atomic E-state index is -0.536. The molecule has 0 saturated carbocycles. The number of hydrogen-bond acceptors (Lipinski definition) is 6. The maximum absolute atomic E-state index is 11.5. The first-order valence-electron chi connectivity index (χ1n) is 6.00. The molecule has 0 atom stereocenters. The minimum absolute atomic E-state index is 0.161. The average Bonchev–Trinajstić information content (AvgIpc) is 2.49. The van der Waals surface area contributed by atoms with Crippen molar-refractivity contribution in [3.63, 3.8) is 0 Å². The van der Waals surface area contributed by atoms with Crippen LogP contribution in [0.5, 0.6) is 5.75 Å². The molecule has 0 bridgehead atoms. The molecule has 2 rings (SSSR count). The van der Waals surface area contributed by atoms with E-state index in [1.165, 1.54) is 20.3 Å². The number of nitrogens with one attached hydrogen (secondary N) is 1. The Morgan fingerprint density at radius 1 is 1.29 bits per heavy atom. The van der Waals surface area contributed by atoms with E-state index in [1.54, 1.807) is 24.3 Å². The van der Waals surface area contributed by atoms with Crippen LogP contribution in [-0.4, -0.2) is 25.2 Å². The first kappa shape index (κ1) is 14.9. The lowest BCUT2D eigenvalue weighted by atomic mass is 10.2. The van der Waals surface area contributed by atoms with E-state index >= 15 is 0 Å². The smallest absolute Gasteiger partial charge is 0.356 e. The molecule has 3 N–H and O–H groups in total. The second-order valence-corrected chi connectivity index (χ2v) is 4.51. The Kier molecular flexibility index (Phi) is 4.49. The third-order valence-electron chi connectivity index (χ3n) is 2.74. The van der Waals surface area contributed by atoms with Gasteiger partial charge in [0.15, 0.2) is 11.5 Å². The van der Waals surface area contributed by atoms with Crippen molar-refractivity contribution in [2.45, 2.75) is 0 Å². The van der Waals surface area contributed by atoms with Gasteiger partial charge >= 0.3 is 5.97 Å². The fourth-order valence-electron chi connectivity index (χ4n) is 1.67. The topological polar surface area (TPSA) is 86.5 Å². The third-order valence-corrected chi connectivity index (χ3v) is 3.03. The van der Waals surface area contributed by atoms with Crippen LogP contribution in [0, 0.1) is 0 Å². The SMILES string of the molecule is COC(=O)c1ccc(N)c(Nc2ccc(OC)c(Cl)c2)n1. The zero-order valence-electron chi connectivity index (χ0n) is 11.5. The molecule has 21 heavy (non-hydrogen) atoms. The molecular formula is C14H14ClN3O3. The molecule has 1 aromatic carbocycles. The van der Waals surface area contributed by atoms with Gasteiger partial charge in [0, 0.05) is 5.69 Å². The van der Waals surface area contributed by atoms with E-state index in [9.17, 15) is 4.79 Å². The van der Waals surface area contributed by atoms with Crippen LogP contribution in [0.4, 0.5) is 17.2 Å². The molecule has 0 fully saturated rings. The molecule has 1 heterocycles. The lowest BCUT2D eigenvalue weighted by Gasteiger charge is -2.11. The summed E-state index contributed by atoms with van der Waals surface area (Å²) in [6, 6.07) is 8.22. The molecule has 0 unspecified atom stereocenters. The zero-order valence-corrected chi connectivity index (χ0v) is 12.3. The predicted molar refractivity (Wildman–Crippen MR) is 81.3 cm³/mol. The van der Waals surface area contributed by atoms with Crippen molar-refractivity contribution in [3.8, 4) is 5.75 Å². The number of anilines is 3. The van der Waals surface area contributed by atoms with Gasteiger partial charge in [-0.1, -0.05) is 11.6 Å². The van der Waals surface area contributed by atoms with Crippen molar-refractivity contribution in [3.05, 3.63) is 41.0 Å². The molecule has 6 nitrogen and oxygen atoms in total. The summed E-state index contributed by atoms with van der Waals surface area (Å²) in [7, 11) is 2.82. The Morgan fingerprint density at radius 2 is 2.05 bits per heavy atom. The van der Waals surface area contributed by atoms with Crippen LogP contribution in [0.2, 0.25) is 5.02 Å². The average molecular weight is 308 g/mol. The number of ether oxygens (including phenoxy) is 2. The monoisotopic (exact) mass is 307 g/mol. The molecule has 0 aliphatic carbocycles. The van der Waals surface area contributed by atoms with Gasteiger partial charge in [0.05, 0.1) is 24.9 Å². The highest BCUT2D eigenvalue weighted by atomic mass is 35.5. The van der Waals surface area contributed by atoms with Crippen LogP contribution < -0.4 is 15.8 Å². The van der Waals surface area contributed by atoms with Crippen molar-refractivity contribution in [2.24, 2.45) is 0 Å². The lowest BCUT2D eigenvalue weighted by molar-refractivity contribution is 0.0594. The van der Waals surface area contributed by atoms with Crippen molar-refractivity contribution >= 4 is 34.8 Å². The number of hydrogen-bond donors (Lipinski definition) is 2. The summed E-state index contributed by atoms with van der Waals surface area (Å²) in [5.41, 5.74) is 7.07. The standard InChI is InChI=1S/C14H14ClN3O3/c1-20-12-6-3-8(7-9(12)15)17-13-10(16)4-5-11(18-13)14(19)21-2/h3-7H,16H2,1-2H3,(H,17,18). The number of esters is 1. The van der Waals surface area contributed by atoms with Gasteiger partial charge in [-0.3, -0.25) is 0 Å². The summed E-state index contributed by atoms with van der Waals surface area (Å²) in [5, 5.41) is 3.45. The number of nitrogen functional groups attached to an aromatic ring is 1. The Balaban J connectivity index is 2.30. The highest BCUT2D eigenvalue weighted by Gasteiger charge is 2.11. The number of aromatic nitrogens is 1. The summed E-state index contributed by atoms with van der Waals surface area (Å²) in [6.45, 7) is 0. The number of carbonyl (C=O) groups excluding carboxylic acids is 1. The van der Waals surface area contributed by atoms with E-state index in [-0.39, 0.29) is 5.69 Å². The largest absolute Gasteiger partial charge is 0.495 e. The normalized spacial score (nSPS) is 10.0. The van der Waals surface area contributed by atoms with E-state index in [1.807, 2.05) is 0 Å². The summed E-state index contributed by atoms with van der Waals surface area (Å²) in [5.74, 6) is 0.372. The molecule has 0 radical (unpaired) electrons. The van der Waals surface area contributed by atoms with Gasteiger partial charge in [-0.25, -0.2) is 9.78 Å². The molecule has 7 heteroatoms. The second-order valence-electron chi connectivity index (χ2n) is 4.10. The highest BCUT2D eigenvalue weighted by Crippen LogP contribution is 2.29. The number of pyridine rings is 1. The molecule has 1 aromatic heterocycles. The van der Waals surface area contributed by atoms with E-state index < -0.39 is 5.97 Å². The van der Waals surface area contributed by atoms with E-state index in [0.717, 1.165) is 0 Å². The number of nitrogens with two attached hydrogens (primary N) is 1. The maximum atomic E-state index is 11.5. The molecule has 110 valence electrons. The van der Waals surface area contributed by atoms with Crippen molar-refractivity contribution in [1.82, 2.24) is 4.98 Å². The molecule has 2 aromatic rings. The van der Waals surface area contributed by atoms with Crippen LogP contribution in [-0.2, 0) is 4.74 Å². The van der Waals surface area contributed by atoms with Gasteiger partial charge in [0.25, 0.3) is 0 Å².